The van der Waals surface area contributed by atoms with E-state index in [4.69, 9.17) is 28.3 Å². The second-order valence-corrected chi connectivity index (χ2v) is 8.06. The number of aliphatic hydroxyl groups is 1. The number of rotatable bonds is 4. The predicted molar refractivity (Wildman–Crippen MR) is 121 cm³/mol. The summed E-state index contributed by atoms with van der Waals surface area (Å²) in [5.41, 5.74) is 6.48. The molecule has 2 aromatic heterocycles. The summed E-state index contributed by atoms with van der Waals surface area (Å²) in [6.45, 7) is 5.81. The molecular formula is C23H24Cl2N2O2. The fourth-order valence-electron chi connectivity index (χ4n) is 3.50. The summed E-state index contributed by atoms with van der Waals surface area (Å²) < 4.78 is 0. The van der Waals surface area contributed by atoms with Crippen molar-refractivity contribution < 1.29 is 9.90 Å². The Kier molecular flexibility index (Phi) is 6.68. The maximum absolute atomic E-state index is 11.1. The number of Topliss-reactive ketones (excluding diaryl/α,β-unsaturated/α-hetero) is 1. The quantitative estimate of drug-likeness (QED) is 0.375. The molecule has 0 bridgehead atoms. The third-order valence-corrected chi connectivity index (χ3v) is 5.51. The standard InChI is InChI=1S/C12H12ClNO.C11H12ClNO/c1-7(15)5-12-8(2)10-6-9(13)3-4-11(10)14-12;1-7-9-6-8(12)2-3-11(9)13-10(7)4-5-14/h3-4,6,14H,5H2,1-2H3;2-3,6,13-14H,4-5H2,1H3. The SMILES string of the molecule is CC(=O)Cc1[nH]c2ccc(Cl)cc2c1C.Cc1c(CCO)[nH]c2ccc(Cl)cc12. The summed E-state index contributed by atoms with van der Waals surface area (Å²) in [7, 11) is 0. The molecule has 2 heterocycles. The summed E-state index contributed by atoms with van der Waals surface area (Å²) in [4.78, 5) is 17.6. The lowest BCUT2D eigenvalue weighted by Gasteiger charge is -1.95. The van der Waals surface area contributed by atoms with Gasteiger partial charge in [0.05, 0.1) is 0 Å². The number of hydrogen-bond acceptors (Lipinski definition) is 2. The molecule has 0 spiro atoms. The van der Waals surface area contributed by atoms with Gasteiger partial charge in [0.1, 0.15) is 5.78 Å². The van der Waals surface area contributed by atoms with Crippen molar-refractivity contribution in [3.8, 4) is 0 Å². The molecule has 0 saturated heterocycles. The smallest absolute Gasteiger partial charge is 0.135 e. The number of ketones is 1. The number of hydrogen-bond donors (Lipinski definition) is 3. The molecule has 0 aliphatic carbocycles. The maximum atomic E-state index is 11.1. The van der Waals surface area contributed by atoms with E-state index < -0.39 is 0 Å². The minimum absolute atomic E-state index is 0.163. The molecule has 152 valence electrons. The van der Waals surface area contributed by atoms with Crippen LogP contribution in [0.4, 0.5) is 0 Å². The average Bonchev–Trinajstić information content (AvgIpc) is 3.13. The van der Waals surface area contributed by atoms with Crippen molar-refractivity contribution in [3.63, 3.8) is 0 Å². The number of nitrogens with one attached hydrogen (secondary N) is 2. The van der Waals surface area contributed by atoms with Crippen LogP contribution in [-0.4, -0.2) is 27.5 Å². The van der Waals surface area contributed by atoms with Crippen molar-refractivity contribution in [1.29, 1.82) is 0 Å². The van der Waals surface area contributed by atoms with E-state index in [-0.39, 0.29) is 12.4 Å². The van der Waals surface area contributed by atoms with E-state index in [0.717, 1.165) is 48.8 Å². The van der Waals surface area contributed by atoms with Gasteiger partial charge in [-0.2, -0.15) is 0 Å². The maximum Gasteiger partial charge on any atom is 0.135 e. The minimum atomic E-state index is 0.163. The van der Waals surface area contributed by atoms with Crippen LogP contribution in [0.5, 0.6) is 0 Å². The van der Waals surface area contributed by atoms with E-state index in [1.807, 2.05) is 50.2 Å². The van der Waals surface area contributed by atoms with E-state index in [9.17, 15) is 4.79 Å². The van der Waals surface area contributed by atoms with E-state index in [1.54, 1.807) is 6.92 Å². The summed E-state index contributed by atoms with van der Waals surface area (Å²) in [5.74, 6) is 0.163. The van der Waals surface area contributed by atoms with Crippen LogP contribution in [0.15, 0.2) is 36.4 Å². The zero-order chi connectivity index (χ0) is 21.1. The Bertz CT molecular complexity index is 1170. The first-order valence-corrected chi connectivity index (χ1v) is 10.2. The number of aliphatic hydroxyl groups excluding tert-OH is 1. The molecule has 29 heavy (non-hydrogen) atoms. The summed E-state index contributed by atoms with van der Waals surface area (Å²) in [6, 6.07) is 11.5. The fraction of sp³-hybridized carbons (Fsp3) is 0.261. The number of benzene rings is 2. The summed E-state index contributed by atoms with van der Waals surface area (Å²) in [5, 5.41) is 12.6. The highest BCUT2D eigenvalue weighted by molar-refractivity contribution is 6.31. The number of halogens is 2. The molecule has 0 aliphatic rings. The molecule has 0 fully saturated rings. The molecule has 0 amide bonds. The lowest BCUT2D eigenvalue weighted by atomic mass is 10.1. The van der Waals surface area contributed by atoms with E-state index in [0.29, 0.717) is 12.8 Å². The van der Waals surface area contributed by atoms with Crippen LogP contribution >= 0.6 is 23.2 Å². The van der Waals surface area contributed by atoms with Gasteiger partial charge < -0.3 is 15.1 Å². The Morgan fingerprint density at radius 1 is 0.897 bits per heavy atom. The van der Waals surface area contributed by atoms with Gasteiger partial charge in [-0.15, -0.1) is 0 Å². The van der Waals surface area contributed by atoms with Crippen molar-refractivity contribution in [2.24, 2.45) is 0 Å². The summed E-state index contributed by atoms with van der Waals surface area (Å²) >= 11 is 11.8. The van der Waals surface area contributed by atoms with Gasteiger partial charge in [0.2, 0.25) is 0 Å². The van der Waals surface area contributed by atoms with Gasteiger partial charge in [-0.3, -0.25) is 4.79 Å². The van der Waals surface area contributed by atoms with Crippen LogP contribution in [0.1, 0.15) is 29.4 Å². The number of aryl methyl sites for hydroxylation is 2. The molecule has 0 atom stereocenters. The van der Waals surface area contributed by atoms with Gasteiger partial charge in [0.25, 0.3) is 0 Å². The van der Waals surface area contributed by atoms with Gasteiger partial charge in [0, 0.05) is 62.7 Å². The molecule has 0 radical (unpaired) electrons. The lowest BCUT2D eigenvalue weighted by Crippen LogP contribution is -1.97. The Hall–Kier alpha value is -2.27. The first-order valence-electron chi connectivity index (χ1n) is 9.44. The minimum Gasteiger partial charge on any atom is -0.396 e. The Labute approximate surface area is 179 Å². The molecule has 4 rings (SSSR count). The Morgan fingerprint density at radius 3 is 1.86 bits per heavy atom. The van der Waals surface area contributed by atoms with Crippen LogP contribution in [-0.2, 0) is 17.6 Å². The van der Waals surface area contributed by atoms with Gasteiger partial charge in [-0.05, 0) is 68.3 Å². The second-order valence-electron chi connectivity index (χ2n) is 7.19. The molecule has 6 heteroatoms. The van der Waals surface area contributed by atoms with E-state index in [1.165, 1.54) is 5.56 Å². The molecule has 0 saturated carbocycles. The molecule has 0 aliphatic heterocycles. The number of H-pyrrole nitrogens is 2. The normalized spacial score (nSPS) is 11.0. The molecule has 3 N–H and O–H groups in total. The Morgan fingerprint density at radius 2 is 1.38 bits per heavy atom. The van der Waals surface area contributed by atoms with Crippen molar-refractivity contribution in [2.45, 2.75) is 33.6 Å². The number of carbonyl (C=O) groups is 1. The molecule has 2 aromatic carbocycles. The van der Waals surface area contributed by atoms with Crippen LogP contribution in [0.3, 0.4) is 0 Å². The monoisotopic (exact) mass is 430 g/mol. The second kappa shape index (κ2) is 9.04. The van der Waals surface area contributed by atoms with E-state index in [2.05, 4.69) is 9.97 Å². The van der Waals surface area contributed by atoms with Crippen molar-refractivity contribution >= 4 is 50.8 Å². The van der Waals surface area contributed by atoms with Crippen LogP contribution in [0, 0.1) is 13.8 Å². The molecular weight excluding hydrogens is 407 g/mol. The van der Waals surface area contributed by atoms with Crippen LogP contribution in [0.25, 0.3) is 21.8 Å². The summed E-state index contributed by atoms with van der Waals surface area (Å²) in [6.07, 6.45) is 1.12. The van der Waals surface area contributed by atoms with Crippen LogP contribution < -0.4 is 0 Å². The van der Waals surface area contributed by atoms with Crippen molar-refractivity contribution in [1.82, 2.24) is 9.97 Å². The largest absolute Gasteiger partial charge is 0.396 e. The zero-order valence-corrected chi connectivity index (χ0v) is 18.2. The topological polar surface area (TPSA) is 68.9 Å². The van der Waals surface area contributed by atoms with Gasteiger partial charge in [-0.1, -0.05) is 23.2 Å². The highest BCUT2D eigenvalue weighted by Gasteiger charge is 2.09. The first kappa shape index (κ1) is 21.4. The third-order valence-electron chi connectivity index (χ3n) is 5.04. The number of carbonyl (C=O) groups excluding carboxylic acids is 1. The number of aromatic nitrogens is 2. The van der Waals surface area contributed by atoms with Gasteiger partial charge in [-0.25, -0.2) is 0 Å². The Balaban J connectivity index is 0.000000166. The highest BCUT2D eigenvalue weighted by Crippen LogP contribution is 2.26. The lowest BCUT2D eigenvalue weighted by molar-refractivity contribution is -0.116. The van der Waals surface area contributed by atoms with Crippen molar-refractivity contribution in [3.05, 3.63) is 69.0 Å². The first-order chi connectivity index (χ1) is 13.8. The highest BCUT2D eigenvalue weighted by atomic mass is 35.5. The third kappa shape index (κ3) is 4.84. The van der Waals surface area contributed by atoms with Gasteiger partial charge >= 0.3 is 0 Å². The number of fused-ring (bicyclic) bond motifs is 2. The predicted octanol–water partition coefficient (Wildman–Crippen LogP) is 5.93. The molecule has 4 nitrogen and oxygen atoms in total. The van der Waals surface area contributed by atoms with Crippen LogP contribution in [0.2, 0.25) is 10.0 Å². The van der Waals surface area contributed by atoms with Crippen molar-refractivity contribution in [2.75, 3.05) is 6.61 Å². The molecule has 4 aromatic rings. The van der Waals surface area contributed by atoms with E-state index >= 15 is 0 Å². The number of aromatic amines is 2. The van der Waals surface area contributed by atoms with Gasteiger partial charge in [0.15, 0.2) is 0 Å². The fourth-order valence-corrected chi connectivity index (χ4v) is 3.84. The molecule has 0 unspecified atom stereocenters. The zero-order valence-electron chi connectivity index (χ0n) is 16.7. The average molecular weight is 431 g/mol.